The number of aliphatic hydroxyl groups excluding tert-OH is 1. The third-order valence-electron chi connectivity index (χ3n) is 5.36. The summed E-state index contributed by atoms with van der Waals surface area (Å²) in [7, 11) is 0. The van der Waals surface area contributed by atoms with E-state index < -0.39 is 0 Å². The van der Waals surface area contributed by atoms with Crippen molar-refractivity contribution in [3.8, 4) is 0 Å². The van der Waals surface area contributed by atoms with Crippen LogP contribution < -0.4 is 15.5 Å². The Morgan fingerprint density at radius 1 is 1.04 bits per heavy atom. The van der Waals surface area contributed by atoms with Gasteiger partial charge >= 0.3 is 0 Å². The van der Waals surface area contributed by atoms with E-state index in [9.17, 15) is 9.90 Å². The molecule has 5 nitrogen and oxygen atoms in total. The van der Waals surface area contributed by atoms with Gasteiger partial charge in [0, 0.05) is 30.0 Å². The number of piperidine rings is 1. The highest BCUT2D eigenvalue weighted by Gasteiger charge is 2.32. The van der Waals surface area contributed by atoms with Crippen molar-refractivity contribution in [1.29, 1.82) is 0 Å². The van der Waals surface area contributed by atoms with Crippen LogP contribution in [0.1, 0.15) is 44.9 Å². The van der Waals surface area contributed by atoms with Crippen molar-refractivity contribution in [3.63, 3.8) is 0 Å². The molecule has 2 fully saturated rings. The summed E-state index contributed by atoms with van der Waals surface area (Å²) in [4.78, 5) is 14.6. The van der Waals surface area contributed by atoms with Gasteiger partial charge < -0.3 is 20.6 Å². The number of amides is 1. The van der Waals surface area contributed by atoms with Crippen LogP contribution in [-0.4, -0.2) is 42.8 Å². The van der Waals surface area contributed by atoms with E-state index in [1.165, 1.54) is 24.9 Å². The summed E-state index contributed by atoms with van der Waals surface area (Å²) in [6.07, 6.45) is 7.98. The van der Waals surface area contributed by atoms with Crippen LogP contribution in [0.4, 0.5) is 11.4 Å². The van der Waals surface area contributed by atoms with E-state index in [0.29, 0.717) is 0 Å². The summed E-state index contributed by atoms with van der Waals surface area (Å²) in [5.74, 6) is -0.0551. The number of hydrogen-bond donors (Lipinski definition) is 3. The smallest absolute Gasteiger partial charge is 0.238 e. The third-order valence-corrected chi connectivity index (χ3v) is 5.36. The Labute approximate surface area is 144 Å². The molecule has 1 aliphatic carbocycles. The fraction of sp³-hybridized carbons (Fsp3) is 0.632. The second-order valence-corrected chi connectivity index (χ2v) is 7.14. The average Bonchev–Trinajstić information content (AvgIpc) is 3.11. The number of hydrogen-bond acceptors (Lipinski definition) is 4. The van der Waals surface area contributed by atoms with Crippen LogP contribution in [0.25, 0.3) is 0 Å². The number of nitrogens with one attached hydrogen (secondary N) is 2. The molecular weight excluding hydrogens is 302 g/mol. The van der Waals surface area contributed by atoms with Crippen LogP contribution >= 0.6 is 0 Å². The van der Waals surface area contributed by atoms with Crippen LogP contribution in [0.2, 0.25) is 0 Å². The van der Waals surface area contributed by atoms with Crippen molar-refractivity contribution in [2.24, 2.45) is 0 Å². The van der Waals surface area contributed by atoms with Crippen molar-refractivity contribution in [3.05, 3.63) is 24.3 Å². The average molecular weight is 331 g/mol. The first-order valence-corrected chi connectivity index (χ1v) is 9.22. The van der Waals surface area contributed by atoms with Gasteiger partial charge in [0.15, 0.2) is 0 Å². The molecule has 1 aliphatic heterocycles. The molecule has 0 unspecified atom stereocenters. The molecule has 1 amide bonds. The van der Waals surface area contributed by atoms with E-state index in [1.807, 2.05) is 12.1 Å². The SMILES string of the molecule is O=C(CNC1(CO)CCCC1)Nc1ccc(N2CCCCC2)cc1. The van der Waals surface area contributed by atoms with Crippen molar-refractivity contribution < 1.29 is 9.90 Å². The molecule has 0 atom stereocenters. The van der Waals surface area contributed by atoms with Gasteiger partial charge in [0.05, 0.1) is 13.2 Å². The Morgan fingerprint density at radius 3 is 2.33 bits per heavy atom. The van der Waals surface area contributed by atoms with E-state index >= 15 is 0 Å². The molecule has 1 aromatic rings. The minimum Gasteiger partial charge on any atom is -0.394 e. The summed E-state index contributed by atoms with van der Waals surface area (Å²) in [5, 5.41) is 15.8. The zero-order valence-corrected chi connectivity index (χ0v) is 14.4. The van der Waals surface area contributed by atoms with Gasteiger partial charge in [0.1, 0.15) is 0 Å². The van der Waals surface area contributed by atoms with Crippen LogP contribution in [0, 0.1) is 0 Å². The van der Waals surface area contributed by atoms with E-state index in [2.05, 4.69) is 27.7 Å². The lowest BCUT2D eigenvalue weighted by molar-refractivity contribution is -0.115. The van der Waals surface area contributed by atoms with Crippen LogP contribution in [0.5, 0.6) is 0 Å². The normalized spacial score (nSPS) is 20.1. The maximum absolute atomic E-state index is 12.1. The first kappa shape index (κ1) is 17.2. The number of benzene rings is 1. The molecule has 132 valence electrons. The number of aliphatic hydroxyl groups is 1. The monoisotopic (exact) mass is 331 g/mol. The van der Waals surface area contributed by atoms with Crippen LogP contribution in [-0.2, 0) is 4.79 Å². The highest BCUT2D eigenvalue weighted by Crippen LogP contribution is 2.29. The zero-order chi connectivity index (χ0) is 16.8. The maximum atomic E-state index is 12.1. The summed E-state index contributed by atoms with van der Waals surface area (Å²) < 4.78 is 0. The molecule has 3 rings (SSSR count). The molecule has 3 N–H and O–H groups in total. The third kappa shape index (κ3) is 4.28. The fourth-order valence-electron chi connectivity index (χ4n) is 3.82. The second-order valence-electron chi connectivity index (χ2n) is 7.14. The molecule has 1 saturated carbocycles. The lowest BCUT2D eigenvalue weighted by atomic mass is 9.99. The summed E-state index contributed by atoms with van der Waals surface area (Å²) in [6.45, 7) is 2.59. The van der Waals surface area contributed by atoms with Crippen molar-refractivity contribution in [2.75, 3.05) is 36.5 Å². The van der Waals surface area contributed by atoms with Crippen LogP contribution in [0.3, 0.4) is 0 Å². The van der Waals surface area contributed by atoms with E-state index in [4.69, 9.17) is 0 Å². The summed E-state index contributed by atoms with van der Waals surface area (Å²) in [5.41, 5.74) is 1.80. The molecular formula is C19H29N3O2. The topological polar surface area (TPSA) is 64.6 Å². The number of nitrogens with zero attached hydrogens (tertiary/aromatic N) is 1. The molecule has 2 aliphatic rings. The van der Waals surface area contributed by atoms with Crippen molar-refractivity contribution in [1.82, 2.24) is 5.32 Å². The number of rotatable bonds is 6. The minimum absolute atomic E-state index is 0.0551. The number of anilines is 2. The summed E-state index contributed by atoms with van der Waals surface area (Å²) in [6, 6.07) is 8.11. The quantitative estimate of drug-likeness (QED) is 0.749. The molecule has 24 heavy (non-hydrogen) atoms. The standard InChI is InChI=1S/C19H29N3O2/c23-15-19(10-2-3-11-19)20-14-18(24)21-16-6-8-17(9-7-16)22-12-4-1-5-13-22/h6-9,20,23H,1-5,10-15H2,(H,21,24). The van der Waals surface area contributed by atoms with Gasteiger partial charge in [-0.1, -0.05) is 12.8 Å². The largest absolute Gasteiger partial charge is 0.394 e. The fourth-order valence-corrected chi connectivity index (χ4v) is 3.82. The number of carbonyl (C=O) groups excluding carboxylic acids is 1. The second kappa shape index (κ2) is 7.99. The molecule has 1 saturated heterocycles. The van der Waals surface area contributed by atoms with Crippen molar-refractivity contribution in [2.45, 2.75) is 50.5 Å². The van der Waals surface area contributed by atoms with E-state index in [-0.39, 0.29) is 24.6 Å². The van der Waals surface area contributed by atoms with Gasteiger partial charge in [0.25, 0.3) is 0 Å². The van der Waals surface area contributed by atoms with Gasteiger partial charge in [-0.3, -0.25) is 4.79 Å². The van der Waals surface area contributed by atoms with Gasteiger partial charge in [0.2, 0.25) is 5.91 Å². The molecule has 0 radical (unpaired) electrons. The van der Waals surface area contributed by atoms with E-state index in [1.54, 1.807) is 0 Å². The first-order chi connectivity index (χ1) is 11.7. The Morgan fingerprint density at radius 2 is 1.71 bits per heavy atom. The van der Waals surface area contributed by atoms with Gasteiger partial charge in [-0.05, 0) is 56.4 Å². The highest BCUT2D eigenvalue weighted by molar-refractivity contribution is 5.92. The molecule has 0 aromatic heterocycles. The molecule has 5 heteroatoms. The number of carbonyl (C=O) groups is 1. The Kier molecular flexibility index (Phi) is 5.74. The Balaban J connectivity index is 1.49. The van der Waals surface area contributed by atoms with E-state index in [0.717, 1.165) is 44.5 Å². The summed E-state index contributed by atoms with van der Waals surface area (Å²) >= 11 is 0. The van der Waals surface area contributed by atoms with Crippen LogP contribution in [0.15, 0.2) is 24.3 Å². The Hall–Kier alpha value is -1.59. The minimum atomic E-state index is -0.255. The predicted octanol–water partition coefficient (Wildman–Crippen LogP) is 2.51. The zero-order valence-electron chi connectivity index (χ0n) is 14.4. The predicted molar refractivity (Wildman–Crippen MR) is 97.4 cm³/mol. The lowest BCUT2D eigenvalue weighted by Gasteiger charge is -2.29. The van der Waals surface area contributed by atoms with Crippen molar-refractivity contribution >= 4 is 17.3 Å². The maximum Gasteiger partial charge on any atom is 0.238 e. The highest BCUT2D eigenvalue weighted by atomic mass is 16.3. The Bertz CT molecular complexity index is 532. The first-order valence-electron chi connectivity index (χ1n) is 9.22. The van der Waals surface area contributed by atoms with Gasteiger partial charge in [-0.25, -0.2) is 0 Å². The lowest BCUT2D eigenvalue weighted by Crippen LogP contribution is -2.49. The molecule has 0 spiro atoms. The van der Waals surface area contributed by atoms with Gasteiger partial charge in [-0.2, -0.15) is 0 Å². The molecule has 1 heterocycles. The van der Waals surface area contributed by atoms with Gasteiger partial charge in [-0.15, -0.1) is 0 Å². The molecule has 0 bridgehead atoms. The molecule has 1 aromatic carbocycles.